The molecular formula is C15H12ClNO3. The van der Waals surface area contributed by atoms with Gasteiger partial charge in [0, 0.05) is 5.02 Å². The second-order valence-corrected chi connectivity index (χ2v) is 6.05. The Morgan fingerprint density at radius 1 is 1.20 bits per heavy atom. The summed E-state index contributed by atoms with van der Waals surface area (Å²) in [7, 11) is 0. The number of ether oxygens (including phenoxy) is 1. The molecule has 3 heterocycles. The third-order valence-corrected chi connectivity index (χ3v) is 4.67. The molecular weight excluding hydrogens is 278 g/mol. The quantitative estimate of drug-likeness (QED) is 0.588. The van der Waals surface area contributed by atoms with Gasteiger partial charge in [-0.3, -0.25) is 9.59 Å². The van der Waals surface area contributed by atoms with Crippen LogP contribution in [0.25, 0.3) is 0 Å². The van der Waals surface area contributed by atoms with Crippen molar-refractivity contribution in [3.05, 3.63) is 41.4 Å². The summed E-state index contributed by atoms with van der Waals surface area (Å²) in [6.45, 7) is 1.87. The van der Waals surface area contributed by atoms with E-state index in [9.17, 15) is 9.59 Å². The zero-order chi connectivity index (χ0) is 14.1. The lowest BCUT2D eigenvalue weighted by Gasteiger charge is -2.24. The lowest BCUT2D eigenvalue weighted by Crippen LogP contribution is -2.38. The second kappa shape index (κ2) is 3.71. The first-order valence-electron chi connectivity index (χ1n) is 6.52. The standard InChI is InChI=1S/C15H12ClNO3/c1-15-7-6-10(20-15)11-12(15)14(19)17(13(11)18)9-4-2-8(16)3-5-9/h2-7,10-12H,1H3/t10-,11+,12+,15+/m0/s1. The van der Waals surface area contributed by atoms with E-state index in [2.05, 4.69) is 0 Å². The summed E-state index contributed by atoms with van der Waals surface area (Å²) in [4.78, 5) is 26.5. The molecule has 4 atom stereocenters. The van der Waals surface area contributed by atoms with Crippen molar-refractivity contribution in [1.82, 2.24) is 0 Å². The summed E-state index contributed by atoms with van der Waals surface area (Å²) in [6, 6.07) is 6.74. The van der Waals surface area contributed by atoms with Gasteiger partial charge in [0.25, 0.3) is 0 Å². The van der Waals surface area contributed by atoms with Gasteiger partial charge in [0.15, 0.2) is 0 Å². The van der Waals surface area contributed by atoms with Crippen molar-refractivity contribution in [3.63, 3.8) is 0 Å². The smallest absolute Gasteiger partial charge is 0.241 e. The van der Waals surface area contributed by atoms with Gasteiger partial charge in [-0.05, 0) is 31.2 Å². The van der Waals surface area contributed by atoms with Crippen LogP contribution in [0, 0.1) is 11.8 Å². The lowest BCUT2D eigenvalue weighted by atomic mass is 9.78. The molecule has 2 fully saturated rings. The van der Waals surface area contributed by atoms with E-state index in [1.807, 2.05) is 19.1 Å². The highest BCUT2D eigenvalue weighted by Gasteiger charge is 2.65. The molecule has 3 aliphatic heterocycles. The third kappa shape index (κ3) is 1.35. The van der Waals surface area contributed by atoms with Crippen molar-refractivity contribution in [1.29, 1.82) is 0 Å². The van der Waals surface area contributed by atoms with Gasteiger partial charge in [0.05, 0.1) is 29.2 Å². The number of halogens is 1. The van der Waals surface area contributed by atoms with E-state index in [0.717, 1.165) is 0 Å². The van der Waals surface area contributed by atoms with Crippen LogP contribution in [0.3, 0.4) is 0 Å². The molecule has 3 aliphatic rings. The number of carbonyl (C=O) groups excluding carboxylic acids is 2. The predicted octanol–water partition coefficient (Wildman–Crippen LogP) is 2.17. The maximum absolute atomic E-state index is 12.6. The summed E-state index contributed by atoms with van der Waals surface area (Å²) >= 11 is 5.85. The van der Waals surface area contributed by atoms with E-state index >= 15 is 0 Å². The van der Waals surface area contributed by atoms with Crippen molar-refractivity contribution in [2.24, 2.45) is 11.8 Å². The minimum Gasteiger partial charge on any atom is -0.362 e. The molecule has 4 nitrogen and oxygen atoms in total. The van der Waals surface area contributed by atoms with Crippen LogP contribution in [0.4, 0.5) is 5.69 Å². The number of fused-ring (bicyclic) bond motifs is 5. The van der Waals surface area contributed by atoms with E-state index in [1.165, 1.54) is 4.90 Å². The van der Waals surface area contributed by atoms with E-state index in [4.69, 9.17) is 16.3 Å². The SMILES string of the molecule is C[C@]12C=C[C@H](O1)[C@H]1C(=O)N(c3ccc(Cl)cc3)C(=O)[C@@H]12. The number of anilines is 1. The van der Waals surface area contributed by atoms with Gasteiger partial charge in [0.1, 0.15) is 0 Å². The Bertz CT molecular complexity index is 654. The Morgan fingerprint density at radius 2 is 1.90 bits per heavy atom. The molecule has 20 heavy (non-hydrogen) atoms. The van der Waals surface area contributed by atoms with Crippen molar-refractivity contribution < 1.29 is 14.3 Å². The molecule has 0 aromatic heterocycles. The van der Waals surface area contributed by atoms with Crippen LogP contribution in [0.1, 0.15) is 6.92 Å². The molecule has 0 aliphatic carbocycles. The van der Waals surface area contributed by atoms with E-state index in [1.54, 1.807) is 24.3 Å². The Balaban J connectivity index is 1.77. The van der Waals surface area contributed by atoms with Crippen molar-refractivity contribution in [2.45, 2.75) is 18.6 Å². The van der Waals surface area contributed by atoms with Gasteiger partial charge in [-0.25, -0.2) is 4.90 Å². The summed E-state index contributed by atoms with van der Waals surface area (Å²) in [5.41, 5.74) is -0.0784. The topological polar surface area (TPSA) is 46.6 Å². The number of nitrogens with zero attached hydrogens (tertiary/aromatic N) is 1. The number of hydrogen-bond acceptors (Lipinski definition) is 3. The number of imide groups is 1. The fourth-order valence-corrected chi connectivity index (χ4v) is 3.62. The molecule has 5 heteroatoms. The highest BCUT2D eigenvalue weighted by atomic mass is 35.5. The summed E-state index contributed by atoms with van der Waals surface area (Å²) in [5.74, 6) is -1.18. The van der Waals surface area contributed by atoms with Gasteiger partial charge < -0.3 is 4.74 Å². The number of rotatable bonds is 1. The fraction of sp³-hybridized carbons (Fsp3) is 0.333. The number of benzene rings is 1. The number of carbonyl (C=O) groups is 2. The van der Waals surface area contributed by atoms with Crippen LogP contribution in [-0.2, 0) is 14.3 Å². The molecule has 2 amide bonds. The van der Waals surface area contributed by atoms with Gasteiger partial charge in [0.2, 0.25) is 11.8 Å². The third-order valence-electron chi connectivity index (χ3n) is 4.41. The maximum Gasteiger partial charge on any atom is 0.241 e. The molecule has 0 spiro atoms. The molecule has 2 bridgehead atoms. The van der Waals surface area contributed by atoms with Gasteiger partial charge in [-0.2, -0.15) is 0 Å². The molecule has 0 saturated carbocycles. The molecule has 4 rings (SSSR count). The van der Waals surface area contributed by atoms with Gasteiger partial charge in [-0.15, -0.1) is 0 Å². The lowest BCUT2D eigenvalue weighted by molar-refractivity contribution is -0.126. The first-order valence-corrected chi connectivity index (χ1v) is 6.90. The monoisotopic (exact) mass is 289 g/mol. The van der Waals surface area contributed by atoms with Crippen LogP contribution < -0.4 is 4.90 Å². The van der Waals surface area contributed by atoms with Crippen molar-refractivity contribution in [3.8, 4) is 0 Å². The Kier molecular flexibility index (Phi) is 2.25. The minimum atomic E-state index is -0.650. The molecule has 1 aromatic rings. The highest BCUT2D eigenvalue weighted by Crippen LogP contribution is 2.52. The molecule has 0 N–H and O–H groups in total. The second-order valence-electron chi connectivity index (χ2n) is 5.62. The Morgan fingerprint density at radius 3 is 2.55 bits per heavy atom. The van der Waals surface area contributed by atoms with Crippen LogP contribution >= 0.6 is 11.6 Å². The summed E-state index contributed by atoms with van der Waals surface area (Å²) < 4.78 is 5.77. The van der Waals surface area contributed by atoms with Crippen LogP contribution in [0.2, 0.25) is 5.02 Å². The fourth-order valence-electron chi connectivity index (χ4n) is 3.50. The first kappa shape index (κ1) is 12.1. The average molecular weight is 290 g/mol. The molecule has 0 unspecified atom stereocenters. The van der Waals surface area contributed by atoms with E-state index in [0.29, 0.717) is 10.7 Å². The Hall–Kier alpha value is -1.65. The normalized spacial score (nSPS) is 37.9. The largest absolute Gasteiger partial charge is 0.362 e. The zero-order valence-corrected chi connectivity index (χ0v) is 11.5. The first-order chi connectivity index (χ1) is 9.51. The van der Waals surface area contributed by atoms with Gasteiger partial charge >= 0.3 is 0 Å². The predicted molar refractivity (Wildman–Crippen MR) is 73.3 cm³/mol. The Labute approximate surface area is 121 Å². The summed E-state index contributed by atoms with van der Waals surface area (Å²) in [5, 5.41) is 0.574. The molecule has 102 valence electrons. The summed E-state index contributed by atoms with van der Waals surface area (Å²) in [6.07, 6.45) is 3.51. The molecule has 2 saturated heterocycles. The van der Waals surface area contributed by atoms with E-state index < -0.39 is 17.4 Å². The van der Waals surface area contributed by atoms with Crippen LogP contribution in [0.5, 0.6) is 0 Å². The number of amides is 2. The van der Waals surface area contributed by atoms with E-state index in [-0.39, 0.29) is 17.9 Å². The maximum atomic E-state index is 12.6. The molecule has 1 aromatic carbocycles. The van der Waals surface area contributed by atoms with Crippen molar-refractivity contribution in [2.75, 3.05) is 4.90 Å². The molecule has 0 radical (unpaired) electrons. The van der Waals surface area contributed by atoms with Crippen LogP contribution in [-0.4, -0.2) is 23.5 Å². The zero-order valence-electron chi connectivity index (χ0n) is 10.7. The minimum absolute atomic E-state index is 0.180. The average Bonchev–Trinajstić information content (AvgIpc) is 3.01. The number of hydrogen-bond donors (Lipinski definition) is 0. The van der Waals surface area contributed by atoms with Gasteiger partial charge in [-0.1, -0.05) is 23.8 Å². The highest BCUT2D eigenvalue weighted by molar-refractivity contribution is 6.31. The van der Waals surface area contributed by atoms with Crippen LogP contribution in [0.15, 0.2) is 36.4 Å². The van der Waals surface area contributed by atoms with Crippen molar-refractivity contribution >= 4 is 29.1 Å².